The number of amides is 1. The van der Waals surface area contributed by atoms with Gasteiger partial charge in [0.15, 0.2) is 0 Å². The molecule has 0 spiro atoms. The van der Waals surface area contributed by atoms with Gasteiger partial charge in [0.25, 0.3) is 0 Å². The van der Waals surface area contributed by atoms with E-state index >= 15 is 0 Å². The smallest absolute Gasteiger partial charge is 0.244 e. The molecule has 1 amide bonds. The van der Waals surface area contributed by atoms with E-state index in [-0.39, 0.29) is 12.5 Å². The normalized spacial score (nSPS) is 18.8. The molecule has 2 rings (SSSR count). The highest BCUT2D eigenvalue weighted by atomic mass is 16.3. The maximum Gasteiger partial charge on any atom is 0.244 e. The van der Waals surface area contributed by atoms with E-state index < -0.39 is 0 Å². The number of aromatic nitrogens is 2. The van der Waals surface area contributed by atoms with Crippen molar-refractivity contribution >= 4 is 12.0 Å². The zero-order valence-corrected chi connectivity index (χ0v) is 14.2. The third-order valence-electron chi connectivity index (χ3n) is 4.57. The van der Waals surface area contributed by atoms with Gasteiger partial charge in [0, 0.05) is 37.0 Å². The lowest BCUT2D eigenvalue weighted by Crippen LogP contribution is -2.33. The summed E-state index contributed by atoms with van der Waals surface area (Å²) in [6, 6.07) is 0.343. The van der Waals surface area contributed by atoms with Crippen molar-refractivity contribution in [2.75, 3.05) is 26.2 Å². The molecule has 1 saturated heterocycles. The second-order valence-electron chi connectivity index (χ2n) is 6.15. The Bertz CT molecular complexity index is 539. The number of carbonyl (C=O) groups excluding carboxylic acids is 1. The Kier molecular flexibility index (Phi) is 6.80. The Morgan fingerprint density at radius 3 is 3.04 bits per heavy atom. The molecule has 2 N–H and O–H groups in total. The predicted octanol–water partition coefficient (Wildman–Crippen LogP) is 1.09. The van der Waals surface area contributed by atoms with Crippen LogP contribution in [-0.4, -0.2) is 58.0 Å². The molecule has 1 aromatic heterocycles. The van der Waals surface area contributed by atoms with Crippen LogP contribution in [0.4, 0.5) is 0 Å². The first-order chi connectivity index (χ1) is 11.1. The van der Waals surface area contributed by atoms with E-state index in [0.717, 1.165) is 43.6 Å². The summed E-state index contributed by atoms with van der Waals surface area (Å²) in [7, 11) is 1.88. The second-order valence-corrected chi connectivity index (χ2v) is 6.15. The molecule has 1 aromatic rings. The monoisotopic (exact) mass is 320 g/mol. The van der Waals surface area contributed by atoms with Gasteiger partial charge in [-0.25, -0.2) is 0 Å². The van der Waals surface area contributed by atoms with Gasteiger partial charge in [-0.15, -0.1) is 0 Å². The Morgan fingerprint density at radius 1 is 1.52 bits per heavy atom. The van der Waals surface area contributed by atoms with E-state index in [1.54, 1.807) is 23.0 Å². The Morgan fingerprint density at radius 2 is 2.35 bits per heavy atom. The number of carbonyl (C=O) groups is 1. The van der Waals surface area contributed by atoms with Gasteiger partial charge in [-0.05, 0) is 51.8 Å². The average molecular weight is 320 g/mol. The third kappa shape index (κ3) is 5.18. The van der Waals surface area contributed by atoms with Crippen LogP contribution in [0.1, 0.15) is 36.9 Å². The van der Waals surface area contributed by atoms with Crippen molar-refractivity contribution in [1.29, 1.82) is 0 Å². The molecule has 0 bridgehead atoms. The molecule has 0 saturated carbocycles. The minimum absolute atomic E-state index is 0.0670. The summed E-state index contributed by atoms with van der Waals surface area (Å²) in [5, 5.41) is 16.3. The van der Waals surface area contributed by atoms with Crippen LogP contribution in [0.15, 0.2) is 12.3 Å². The molecule has 1 fully saturated rings. The van der Waals surface area contributed by atoms with Crippen molar-refractivity contribution in [3.63, 3.8) is 0 Å². The number of nitrogens with zero attached hydrogens (tertiary/aromatic N) is 3. The standard InChI is InChI=1S/C17H28N4O2/c1-14-15(12-19-20(14)2)7-8-17(23)18-9-3-4-10-21-11-5-6-16(21)13-22/h7-8,12,16,22H,3-6,9-11,13H2,1-2H3,(H,18,23)/b8-7+. The van der Waals surface area contributed by atoms with Crippen LogP contribution in [0, 0.1) is 6.92 Å². The zero-order chi connectivity index (χ0) is 16.7. The summed E-state index contributed by atoms with van der Waals surface area (Å²) < 4.78 is 1.79. The Balaban J connectivity index is 1.60. The van der Waals surface area contributed by atoms with Crippen molar-refractivity contribution in [2.45, 2.75) is 38.6 Å². The second kappa shape index (κ2) is 8.84. The van der Waals surface area contributed by atoms with E-state index in [4.69, 9.17) is 0 Å². The number of hydrogen-bond donors (Lipinski definition) is 2. The first-order valence-electron chi connectivity index (χ1n) is 8.41. The average Bonchev–Trinajstić information content (AvgIpc) is 3.13. The quantitative estimate of drug-likeness (QED) is 0.556. The van der Waals surface area contributed by atoms with Crippen LogP contribution in [-0.2, 0) is 11.8 Å². The van der Waals surface area contributed by atoms with Gasteiger partial charge < -0.3 is 10.4 Å². The molecule has 1 atom stereocenters. The van der Waals surface area contributed by atoms with Gasteiger partial charge in [-0.2, -0.15) is 5.10 Å². The van der Waals surface area contributed by atoms with Gasteiger partial charge in [-0.3, -0.25) is 14.4 Å². The molecule has 128 valence electrons. The summed E-state index contributed by atoms with van der Waals surface area (Å²) >= 11 is 0. The van der Waals surface area contributed by atoms with E-state index in [1.807, 2.05) is 14.0 Å². The molecule has 6 nitrogen and oxygen atoms in total. The van der Waals surface area contributed by atoms with Gasteiger partial charge in [0.2, 0.25) is 5.91 Å². The maximum absolute atomic E-state index is 11.8. The lowest BCUT2D eigenvalue weighted by atomic mass is 10.2. The predicted molar refractivity (Wildman–Crippen MR) is 90.9 cm³/mol. The highest BCUT2D eigenvalue weighted by Gasteiger charge is 2.22. The lowest BCUT2D eigenvalue weighted by molar-refractivity contribution is -0.116. The lowest BCUT2D eigenvalue weighted by Gasteiger charge is -2.22. The number of hydrogen-bond acceptors (Lipinski definition) is 4. The Labute approximate surface area is 138 Å². The molecule has 23 heavy (non-hydrogen) atoms. The number of aryl methyl sites for hydroxylation is 1. The molecular formula is C17H28N4O2. The van der Waals surface area contributed by atoms with Crippen LogP contribution in [0.2, 0.25) is 0 Å². The summed E-state index contributed by atoms with van der Waals surface area (Å²) in [6.45, 7) is 5.02. The fourth-order valence-corrected chi connectivity index (χ4v) is 2.95. The fraction of sp³-hybridized carbons (Fsp3) is 0.647. The maximum atomic E-state index is 11.8. The van der Waals surface area contributed by atoms with E-state index in [0.29, 0.717) is 12.6 Å². The molecular weight excluding hydrogens is 292 g/mol. The number of rotatable bonds is 8. The molecule has 1 unspecified atom stereocenters. The minimum atomic E-state index is -0.0670. The molecule has 0 radical (unpaired) electrons. The number of likely N-dealkylation sites (tertiary alicyclic amines) is 1. The largest absolute Gasteiger partial charge is 0.395 e. The van der Waals surface area contributed by atoms with Crippen LogP contribution < -0.4 is 5.32 Å². The zero-order valence-electron chi connectivity index (χ0n) is 14.2. The minimum Gasteiger partial charge on any atom is -0.395 e. The SMILES string of the molecule is Cc1c(/C=C/C(=O)NCCCCN2CCCC2CO)cnn1C. The number of aliphatic hydroxyl groups excluding tert-OH is 1. The topological polar surface area (TPSA) is 70.4 Å². The van der Waals surface area contributed by atoms with Crippen molar-refractivity contribution < 1.29 is 9.90 Å². The van der Waals surface area contributed by atoms with Crippen LogP contribution in [0.5, 0.6) is 0 Å². The molecule has 2 heterocycles. The van der Waals surface area contributed by atoms with E-state index in [2.05, 4.69) is 15.3 Å². The van der Waals surface area contributed by atoms with Gasteiger partial charge in [0.05, 0.1) is 12.8 Å². The summed E-state index contributed by atoms with van der Waals surface area (Å²) in [5.74, 6) is -0.0670. The summed E-state index contributed by atoms with van der Waals surface area (Å²) in [6.07, 6.45) is 9.40. The van der Waals surface area contributed by atoms with Crippen molar-refractivity contribution in [3.05, 3.63) is 23.5 Å². The van der Waals surface area contributed by atoms with Gasteiger partial charge >= 0.3 is 0 Å². The first-order valence-corrected chi connectivity index (χ1v) is 8.41. The number of aliphatic hydroxyl groups is 1. The molecule has 1 aliphatic heterocycles. The van der Waals surface area contributed by atoms with Gasteiger partial charge in [0.1, 0.15) is 0 Å². The van der Waals surface area contributed by atoms with Crippen molar-refractivity contribution in [1.82, 2.24) is 20.0 Å². The van der Waals surface area contributed by atoms with Crippen molar-refractivity contribution in [3.8, 4) is 0 Å². The highest BCUT2D eigenvalue weighted by molar-refractivity contribution is 5.91. The summed E-state index contributed by atoms with van der Waals surface area (Å²) in [5.41, 5.74) is 2.00. The highest BCUT2D eigenvalue weighted by Crippen LogP contribution is 2.16. The third-order valence-corrected chi connectivity index (χ3v) is 4.57. The van der Waals surface area contributed by atoms with Gasteiger partial charge in [-0.1, -0.05) is 0 Å². The molecule has 6 heteroatoms. The van der Waals surface area contributed by atoms with Crippen molar-refractivity contribution in [2.24, 2.45) is 7.05 Å². The van der Waals surface area contributed by atoms with E-state index in [9.17, 15) is 9.90 Å². The molecule has 0 aromatic carbocycles. The Hall–Kier alpha value is -1.66. The number of nitrogens with one attached hydrogen (secondary N) is 1. The molecule has 1 aliphatic rings. The van der Waals surface area contributed by atoms with Crippen LogP contribution in [0.3, 0.4) is 0 Å². The van der Waals surface area contributed by atoms with E-state index in [1.165, 1.54) is 6.42 Å². The fourth-order valence-electron chi connectivity index (χ4n) is 2.95. The summed E-state index contributed by atoms with van der Waals surface area (Å²) in [4.78, 5) is 14.1. The van der Waals surface area contributed by atoms with Crippen LogP contribution in [0.25, 0.3) is 6.08 Å². The number of unbranched alkanes of at least 4 members (excludes halogenated alkanes) is 1. The van der Waals surface area contributed by atoms with Crippen LogP contribution >= 0.6 is 0 Å². The molecule has 0 aliphatic carbocycles. The first kappa shape index (κ1) is 17.7.